The average Bonchev–Trinajstić information content (AvgIpc) is 3.53. The quantitative estimate of drug-likeness (QED) is 0.176. The number of halogens is 1. The van der Waals surface area contributed by atoms with Gasteiger partial charge in [0.15, 0.2) is 0 Å². The van der Waals surface area contributed by atoms with Gasteiger partial charge in [0.25, 0.3) is 0 Å². The van der Waals surface area contributed by atoms with Gasteiger partial charge in [0.05, 0.1) is 29.2 Å². The Labute approximate surface area is 309 Å². The number of benzene rings is 2. The zero-order valence-corrected chi connectivity index (χ0v) is 33.0. The molecule has 3 fully saturated rings. The Morgan fingerprint density at radius 2 is 1.67 bits per heavy atom. The van der Waals surface area contributed by atoms with Gasteiger partial charge in [-0.3, -0.25) is 14.5 Å². The topological polar surface area (TPSA) is 116 Å². The van der Waals surface area contributed by atoms with Gasteiger partial charge in [-0.25, -0.2) is 4.98 Å². The van der Waals surface area contributed by atoms with Crippen molar-refractivity contribution in [2.45, 2.75) is 38.8 Å². The maximum Gasteiger partial charge on any atom is 0.229 e. The van der Waals surface area contributed by atoms with Crippen molar-refractivity contribution >= 4 is 57.2 Å². The number of anilines is 5. The third-order valence-corrected chi connectivity index (χ3v) is 13.0. The molecule has 0 bridgehead atoms. The van der Waals surface area contributed by atoms with E-state index in [9.17, 15) is 4.57 Å². The van der Waals surface area contributed by atoms with Gasteiger partial charge in [-0.1, -0.05) is 6.07 Å². The van der Waals surface area contributed by atoms with Crippen LogP contribution in [0.4, 0.5) is 28.8 Å². The molecule has 4 aromatic rings. The predicted molar refractivity (Wildman–Crippen MR) is 212 cm³/mol. The molecule has 0 atom stereocenters. The normalized spacial score (nSPS) is 18.1. The summed E-state index contributed by atoms with van der Waals surface area (Å²) < 4.78 is 21.9. The first-order valence-electron chi connectivity index (χ1n) is 17.9. The van der Waals surface area contributed by atoms with E-state index in [-0.39, 0.29) is 0 Å². The summed E-state index contributed by atoms with van der Waals surface area (Å²) in [6.07, 6.45) is 8.19. The lowest BCUT2D eigenvalue weighted by atomic mass is 9.98. The Kier molecular flexibility index (Phi) is 10.5. The Balaban J connectivity index is 1.13. The number of piperazine rings is 1. The fraction of sp³-hybridized carbons (Fsp3) is 0.486. The van der Waals surface area contributed by atoms with Crippen LogP contribution in [-0.2, 0) is 11.6 Å². The van der Waals surface area contributed by atoms with E-state index in [4.69, 9.17) is 9.72 Å². The van der Waals surface area contributed by atoms with Crippen molar-refractivity contribution < 1.29 is 9.30 Å². The van der Waals surface area contributed by atoms with Crippen molar-refractivity contribution in [2.75, 3.05) is 88.3 Å². The lowest BCUT2D eigenvalue weighted by molar-refractivity contribution is 0.0631. The molecule has 0 saturated carbocycles. The van der Waals surface area contributed by atoms with Crippen molar-refractivity contribution in [1.82, 2.24) is 34.9 Å². The smallest absolute Gasteiger partial charge is 0.229 e. The van der Waals surface area contributed by atoms with E-state index in [2.05, 4.69) is 75.0 Å². The Morgan fingerprint density at radius 1 is 0.941 bits per heavy atom. The average molecular weight is 778 g/mol. The van der Waals surface area contributed by atoms with Crippen molar-refractivity contribution in [1.29, 1.82) is 0 Å². The van der Waals surface area contributed by atoms with Crippen LogP contribution in [0.25, 0.3) is 11.1 Å². The minimum absolute atomic E-state index is 0.402. The SMILES string of the molecule is COc1cc(N2CCN(C3CCN(C4CNC4)CC3)CC2)c(-c2cnn(C)c2)cc1Nc1ncc(Br)c(Nc2ccc(C)c(C)c2P(C)(C)=O)n1. The number of ether oxygens (including phenoxy) is 1. The van der Waals surface area contributed by atoms with Crippen molar-refractivity contribution in [3.63, 3.8) is 0 Å². The second kappa shape index (κ2) is 14.9. The summed E-state index contributed by atoms with van der Waals surface area (Å²) in [5.41, 5.74) is 6.87. The van der Waals surface area contributed by atoms with Crippen molar-refractivity contribution in [3.8, 4) is 16.9 Å². The fourth-order valence-corrected chi connectivity index (χ4v) is 9.71. The molecule has 0 radical (unpaired) electrons. The van der Waals surface area contributed by atoms with Crippen LogP contribution in [0.15, 0.2) is 47.3 Å². The summed E-state index contributed by atoms with van der Waals surface area (Å²) in [6, 6.07) is 9.66. The maximum atomic E-state index is 13.4. The Bertz CT molecular complexity index is 1930. The number of nitrogens with zero attached hydrogens (tertiary/aromatic N) is 7. The molecule has 14 heteroatoms. The fourth-order valence-electron chi connectivity index (χ4n) is 7.72. The van der Waals surface area contributed by atoms with E-state index in [0.717, 1.165) is 89.9 Å². The number of hydrogen-bond acceptors (Lipinski definition) is 11. The second-order valence-corrected chi connectivity index (χ2v) is 18.5. The Hall–Kier alpha value is -3.48. The monoisotopic (exact) mass is 776 g/mol. The van der Waals surface area contributed by atoms with Gasteiger partial charge >= 0.3 is 0 Å². The first kappa shape index (κ1) is 35.9. The lowest BCUT2D eigenvalue weighted by Crippen LogP contribution is -2.60. The molecule has 3 saturated heterocycles. The molecule has 3 aliphatic heterocycles. The van der Waals surface area contributed by atoms with E-state index in [0.29, 0.717) is 28.0 Å². The maximum absolute atomic E-state index is 13.4. The van der Waals surface area contributed by atoms with Crippen LogP contribution < -0.4 is 30.9 Å². The van der Waals surface area contributed by atoms with E-state index in [1.165, 1.54) is 25.9 Å². The predicted octanol–water partition coefficient (Wildman–Crippen LogP) is 5.56. The molecule has 0 amide bonds. The van der Waals surface area contributed by atoms with Crippen LogP contribution in [0, 0.1) is 13.8 Å². The summed E-state index contributed by atoms with van der Waals surface area (Å²) in [5, 5.41) is 15.6. The van der Waals surface area contributed by atoms with E-state index in [1.807, 2.05) is 43.9 Å². The molecule has 5 heterocycles. The summed E-state index contributed by atoms with van der Waals surface area (Å²) in [7, 11) is 1.05. The van der Waals surface area contributed by atoms with Crippen molar-refractivity contribution in [3.05, 3.63) is 58.5 Å². The van der Waals surface area contributed by atoms with Crippen LogP contribution in [0.2, 0.25) is 0 Å². The molecule has 51 heavy (non-hydrogen) atoms. The highest BCUT2D eigenvalue weighted by Gasteiger charge is 2.32. The number of piperidine rings is 1. The molecule has 2 aromatic carbocycles. The first-order chi connectivity index (χ1) is 24.5. The van der Waals surface area contributed by atoms with E-state index in [1.54, 1.807) is 26.6 Å². The number of likely N-dealkylation sites (tertiary alicyclic amines) is 1. The van der Waals surface area contributed by atoms with Crippen LogP contribution in [0.1, 0.15) is 24.0 Å². The molecule has 3 N–H and O–H groups in total. The number of aryl methyl sites for hydroxylation is 2. The molecule has 3 aliphatic rings. The summed E-state index contributed by atoms with van der Waals surface area (Å²) in [5.74, 6) is 1.67. The third-order valence-electron chi connectivity index (χ3n) is 10.8. The minimum atomic E-state index is -2.59. The summed E-state index contributed by atoms with van der Waals surface area (Å²) >= 11 is 3.62. The third kappa shape index (κ3) is 7.69. The number of hydrogen-bond donors (Lipinski definition) is 3. The zero-order chi connectivity index (χ0) is 35.9. The summed E-state index contributed by atoms with van der Waals surface area (Å²) in [6.45, 7) is 16.3. The lowest BCUT2D eigenvalue weighted by Gasteiger charge is -2.46. The Morgan fingerprint density at radius 3 is 2.29 bits per heavy atom. The standard InChI is InChI=1S/C37H50BrN10O2P/c1-24-7-8-31(35(25(24)2)51(5,6)49)42-36-30(38)22-40-37(44-36)43-32-17-29(26-19-41-45(3)23-26)33(18-34(32)50-4)48-15-13-47(14-16-48)27-9-11-46(12-10-27)28-20-39-21-28/h7-8,17-19,22-23,27-28,39H,9-16,20-21H2,1-6H3,(H2,40,42,43,44). The molecule has 2 aromatic heterocycles. The number of aromatic nitrogens is 4. The van der Waals surface area contributed by atoms with E-state index < -0.39 is 7.14 Å². The van der Waals surface area contributed by atoms with Gasteiger partial charge < -0.3 is 30.2 Å². The number of methoxy groups -OCH3 is 1. The van der Waals surface area contributed by atoms with Crippen LogP contribution in [0.5, 0.6) is 5.75 Å². The second-order valence-electron chi connectivity index (χ2n) is 14.5. The number of nitrogens with one attached hydrogen (secondary N) is 3. The van der Waals surface area contributed by atoms with Gasteiger partial charge in [0, 0.05) is 112 Å². The van der Waals surface area contributed by atoms with Crippen LogP contribution in [0.3, 0.4) is 0 Å². The van der Waals surface area contributed by atoms with E-state index >= 15 is 0 Å². The highest BCUT2D eigenvalue weighted by molar-refractivity contribution is 9.10. The largest absolute Gasteiger partial charge is 0.494 e. The van der Waals surface area contributed by atoms with Crippen LogP contribution >= 0.6 is 23.1 Å². The van der Waals surface area contributed by atoms with Crippen LogP contribution in [-0.4, -0.2) is 114 Å². The molecular weight excluding hydrogens is 727 g/mol. The van der Waals surface area contributed by atoms with Gasteiger partial charge in [0.2, 0.25) is 5.95 Å². The highest BCUT2D eigenvalue weighted by Crippen LogP contribution is 2.43. The van der Waals surface area contributed by atoms with Gasteiger partial charge in [-0.05, 0) is 79.2 Å². The highest BCUT2D eigenvalue weighted by atomic mass is 79.9. The van der Waals surface area contributed by atoms with Gasteiger partial charge in [-0.15, -0.1) is 0 Å². The summed E-state index contributed by atoms with van der Waals surface area (Å²) in [4.78, 5) is 17.3. The molecule has 12 nitrogen and oxygen atoms in total. The number of rotatable bonds is 10. The molecule has 272 valence electrons. The van der Waals surface area contributed by atoms with Gasteiger partial charge in [0.1, 0.15) is 18.7 Å². The molecule has 0 unspecified atom stereocenters. The molecule has 7 rings (SSSR count). The minimum Gasteiger partial charge on any atom is -0.494 e. The zero-order valence-electron chi connectivity index (χ0n) is 30.5. The molecule has 0 aliphatic carbocycles. The van der Waals surface area contributed by atoms with Gasteiger partial charge in [-0.2, -0.15) is 10.1 Å². The molecular formula is C37H50BrN10O2P. The first-order valence-corrected chi connectivity index (χ1v) is 21.2. The van der Waals surface area contributed by atoms with Crippen molar-refractivity contribution in [2.24, 2.45) is 7.05 Å². The molecule has 0 spiro atoms.